The molecule has 3 amide bonds. The molecule has 1 unspecified atom stereocenters. The van der Waals surface area contributed by atoms with E-state index in [0.717, 1.165) is 0 Å². The van der Waals surface area contributed by atoms with E-state index in [1.165, 1.54) is 0 Å². The van der Waals surface area contributed by atoms with Crippen LogP contribution in [0.1, 0.15) is 26.7 Å². The predicted molar refractivity (Wildman–Crippen MR) is 57.1 cm³/mol. The van der Waals surface area contributed by atoms with E-state index in [0.29, 0.717) is 6.42 Å². The Bertz CT molecular complexity index is 314. The van der Waals surface area contributed by atoms with Gasteiger partial charge in [-0.05, 0) is 12.3 Å². The van der Waals surface area contributed by atoms with Crippen molar-refractivity contribution in [2.75, 3.05) is 0 Å². The van der Waals surface area contributed by atoms with Gasteiger partial charge in [0, 0.05) is 6.42 Å². The summed E-state index contributed by atoms with van der Waals surface area (Å²) >= 11 is 0. The van der Waals surface area contributed by atoms with Gasteiger partial charge in [-0.1, -0.05) is 13.8 Å². The summed E-state index contributed by atoms with van der Waals surface area (Å²) in [6.45, 7) is 3.66. The van der Waals surface area contributed by atoms with Gasteiger partial charge in [-0.3, -0.25) is 19.7 Å². The van der Waals surface area contributed by atoms with Crippen LogP contribution in [0.2, 0.25) is 0 Å². The molecule has 0 aromatic rings. The van der Waals surface area contributed by atoms with Crippen LogP contribution in [0.5, 0.6) is 0 Å². The van der Waals surface area contributed by atoms with Gasteiger partial charge in [0.15, 0.2) is 0 Å². The molecule has 1 heterocycles. The highest BCUT2D eigenvalue weighted by atomic mass is 16.2. The normalized spacial score (nSPS) is 22.9. The molecule has 6 nitrogen and oxygen atoms in total. The summed E-state index contributed by atoms with van der Waals surface area (Å²) in [5.74, 6) is -1.11. The number of rotatable bonds is 3. The van der Waals surface area contributed by atoms with Gasteiger partial charge in [0.05, 0.1) is 6.04 Å². The monoisotopic (exact) mass is 227 g/mol. The van der Waals surface area contributed by atoms with Crippen molar-refractivity contribution >= 4 is 17.7 Å². The third-order valence-electron chi connectivity index (χ3n) is 2.58. The lowest BCUT2D eigenvalue weighted by Gasteiger charge is -2.24. The number of nitrogens with two attached hydrogens (primary N) is 1. The average Bonchev–Trinajstić information content (AvgIpc) is 2.20. The Morgan fingerprint density at radius 2 is 2.12 bits per heavy atom. The van der Waals surface area contributed by atoms with E-state index in [9.17, 15) is 14.4 Å². The van der Waals surface area contributed by atoms with Crippen LogP contribution in [0.15, 0.2) is 0 Å². The number of carbonyl (C=O) groups excluding carboxylic acids is 3. The van der Waals surface area contributed by atoms with Gasteiger partial charge in [0.2, 0.25) is 17.7 Å². The molecule has 0 bridgehead atoms. The number of amides is 3. The Balaban J connectivity index is 2.51. The molecule has 1 aliphatic rings. The van der Waals surface area contributed by atoms with Gasteiger partial charge in [-0.2, -0.15) is 0 Å². The Labute approximate surface area is 93.9 Å². The van der Waals surface area contributed by atoms with E-state index >= 15 is 0 Å². The molecule has 0 radical (unpaired) electrons. The predicted octanol–water partition coefficient (Wildman–Crippen LogP) is -1.11. The third kappa shape index (κ3) is 3.03. The zero-order valence-corrected chi connectivity index (χ0v) is 9.45. The Hall–Kier alpha value is -1.43. The molecular weight excluding hydrogens is 210 g/mol. The van der Waals surface area contributed by atoms with Crippen LogP contribution < -0.4 is 16.4 Å². The summed E-state index contributed by atoms with van der Waals surface area (Å²) < 4.78 is 0. The van der Waals surface area contributed by atoms with E-state index < -0.39 is 18.0 Å². The number of carbonyl (C=O) groups is 3. The summed E-state index contributed by atoms with van der Waals surface area (Å²) in [5, 5.41) is 4.71. The maximum Gasteiger partial charge on any atom is 0.249 e. The summed E-state index contributed by atoms with van der Waals surface area (Å²) in [7, 11) is 0. The lowest BCUT2D eigenvalue weighted by Crippen LogP contribution is -2.56. The van der Waals surface area contributed by atoms with E-state index in [1.807, 2.05) is 13.8 Å². The van der Waals surface area contributed by atoms with E-state index in [1.54, 1.807) is 0 Å². The molecule has 0 saturated carbocycles. The van der Waals surface area contributed by atoms with Crippen molar-refractivity contribution in [3.8, 4) is 0 Å². The van der Waals surface area contributed by atoms with Crippen LogP contribution in [-0.4, -0.2) is 29.8 Å². The fourth-order valence-corrected chi connectivity index (χ4v) is 1.40. The van der Waals surface area contributed by atoms with Gasteiger partial charge < -0.3 is 11.1 Å². The number of hydrogen-bond donors (Lipinski definition) is 3. The van der Waals surface area contributed by atoms with Crippen molar-refractivity contribution in [3.63, 3.8) is 0 Å². The second kappa shape index (κ2) is 5.07. The first kappa shape index (κ1) is 12.6. The maximum atomic E-state index is 11.6. The highest BCUT2D eigenvalue weighted by Gasteiger charge is 2.29. The molecular formula is C10H17N3O3. The summed E-state index contributed by atoms with van der Waals surface area (Å²) in [5.41, 5.74) is 5.64. The molecule has 1 fully saturated rings. The second-order valence-electron chi connectivity index (χ2n) is 4.28. The first-order valence-electron chi connectivity index (χ1n) is 5.31. The molecule has 1 saturated heterocycles. The highest BCUT2D eigenvalue weighted by molar-refractivity contribution is 6.01. The Morgan fingerprint density at radius 3 is 2.62 bits per heavy atom. The van der Waals surface area contributed by atoms with Crippen LogP contribution in [-0.2, 0) is 14.4 Å². The quantitative estimate of drug-likeness (QED) is 0.532. The largest absolute Gasteiger partial charge is 0.343 e. The van der Waals surface area contributed by atoms with Gasteiger partial charge in [0.25, 0.3) is 0 Å². The average molecular weight is 227 g/mol. The first-order chi connectivity index (χ1) is 7.41. The minimum atomic E-state index is -0.644. The number of hydrogen-bond acceptors (Lipinski definition) is 4. The van der Waals surface area contributed by atoms with E-state index in [4.69, 9.17) is 5.73 Å². The maximum absolute atomic E-state index is 11.6. The van der Waals surface area contributed by atoms with Crippen LogP contribution in [0.25, 0.3) is 0 Å². The number of nitrogens with one attached hydrogen (secondary N) is 2. The van der Waals surface area contributed by atoms with Crippen molar-refractivity contribution in [1.29, 1.82) is 0 Å². The second-order valence-corrected chi connectivity index (χ2v) is 4.28. The van der Waals surface area contributed by atoms with Gasteiger partial charge in [0.1, 0.15) is 6.04 Å². The molecule has 1 aliphatic heterocycles. The fourth-order valence-electron chi connectivity index (χ4n) is 1.40. The SMILES string of the molecule is CC(C)[C@H](N)C(=O)NC1CCC(=O)NC1=O. The summed E-state index contributed by atoms with van der Waals surface area (Å²) in [4.78, 5) is 33.8. The molecule has 1 rings (SSSR count). The van der Waals surface area contributed by atoms with Crippen molar-refractivity contribution in [2.24, 2.45) is 11.7 Å². The zero-order valence-electron chi connectivity index (χ0n) is 9.45. The topological polar surface area (TPSA) is 101 Å². The highest BCUT2D eigenvalue weighted by Crippen LogP contribution is 2.05. The van der Waals surface area contributed by atoms with Crippen molar-refractivity contribution < 1.29 is 14.4 Å². The molecule has 2 atom stereocenters. The summed E-state index contributed by atoms with van der Waals surface area (Å²) in [6, 6.07) is -1.28. The first-order valence-corrected chi connectivity index (χ1v) is 5.31. The molecule has 90 valence electrons. The third-order valence-corrected chi connectivity index (χ3v) is 2.58. The molecule has 6 heteroatoms. The number of piperidine rings is 1. The van der Waals surface area contributed by atoms with Crippen LogP contribution in [0.3, 0.4) is 0 Å². The van der Waals surface area contributed by atoms with Crippen LogP contribution in [0, 0.1) is 5.92 Å². The minimum absolute atomic E-state index is 0.00767. The van der Waals surface area contributed by atoms with Crippen LogP contribution in [0.4, 0.5) is 0 Å². The Kier molecular flexibility index (Phi) is 4.00. The van der Waals surface area contributed by atoms with Crippen molar-refractivity contribution in [2.45, 2.75) is 38.8 Å². The molecule has 0 aromatic carbocycles. The number of imide groups is 1. The molecule has 0 aliphatic carbocycles. The van der Waals surface area contributed by atoms with Crippen LogP contribution >= 0.6 is 0 Å². The van der Waals surface area contributed by atoms with E-state index in [-0.39, 0.29) is 24.2 Å². The van der Waals surface area contributed by atoms with Gasteiger partial charge >= 0.3 is 0 Å². The molecule has 16 heavy (non-hydrogen) atoms. The lowest BCUT2D eigenvalue weighted by molar-refractivity contribution is -0.137. The fraction of sp³-hybridized carbons (Fsp3) is 0.700. The summed E-state index contributed by atoms with van der Waals surface area (Å²) in [6.07, 6.45) is 0.578. The van der Waals surface area contributed by atoms with Crippen molar-refractivity contribution in [1.82, 2.24) is 10.6 Å². The Morgan fingerprint density at radius 1 is 1.50 bits per heavy atom. The molecule has 0 spiro atoms. The van der Waals surface area contributed by atoms with Crippen molar-refractivity contribution in [3.05, 3.63) is 0 Å². The molecule has 0 aromatic heterocycles. The lowest BCUT2D eigenvalue weighted by atomic mass is 10.0. The zero-order chi connectivity index (χ0) is 12.3. The van der Waals surface area contributed by atoms with Gasteiger partial charge in [-0.15, -0.1) is 0 Å². The smallest absolute Gasteiger partial charge is 0.249 e. The van der Waals surface area contributed by atoms with Gasteiger partial charge in [-0.25, -0.2) is 0 Å². The van der Waals surface area contributed by atoms with E-state index in [2.05, 4.69) is 10.6 Å². The standard InChI is InChI=1S/C10H17N3O3/c1-5(2)8(11)10(16)12-6-3-4-7(14)13-9(6)15/h5-6,8H,3-4,11H2,1-2H3,(H,12,16)(H,13,14,15)/t6?,8-/m0/s1. The minimum Gasteiger partial charge on any atom is -0.343 e. The molecule has 4 N–H and O–H groups in total.